The van der Waals surface area contributed by atoms with Gasteiger partial charge in [-0.15, -0.1) is 0 Å². The molecule has 0 saturated heterocycles. The lowest BCUT2D eigenvalue weighted by atomic mass is 10.3. The summed E-state index contributed by atoms with van der Waals surface area (Å²) < 4.78 is 0. The van der Waals surface area contributed by atoms with Crippen molar-refractivity contribution in [2.24, 2.45) is 0 Å². The van der Waals surface area contributed by atoms with Gasteiger partial charge in [0.2, 0.25) is 0 Å². The van der Waals surface area contributed by atoms with Gasteiger partial charge in [0.1, 0.15) is 23.2 Å². The molecule has 3 aromatic carbocycles. The van der Waals surface area contributed by atoms with E-state index in [1.807, 2.05) is 0 Å². The highest BCUT2D eigenvalue weighted by atomic mass is 127. The molecule has 134 valence electrons. The van der Waals surface area contributed by atoms with Crippen LogP contribution in [-0.2, 0) is 0 Å². The van der Waals surface area contributed by atoms with E-state index < -0.39 is 7.26 Å². The largest absolute Gasteiger partial charge is 1.00 e. The van der Waals surface area contributed by atoms with Gasteiger partial charge in [-0.05, 0) is 42.8 Å². The summed E-state index contributed by atoms with van der Waals surface area (Å²) >= 11 is 0. The molecule has 0 fully saturated rings. The Kier molecular flexibility index (Phi) is 8.54. The average Bonchev–Trinajstić information content (AvgIpc) is 2.70. The van der Waals surface area contributed by atoms with Crippen molar-refractivity contribution in [3.63, 3.8) is 0 Å². The van der Waals surface area contributed by atoms with Gasteiger partial charge in [0.15, 0.2) is 0 Å². The van der Waals surface area contributed by atoms with Crippen LogP contribution in [0.5, 0.6) is 0 Å². The summed E-state index contributed by atoms with van der Waals surface area (Å²) in [4.78, 5) is 0. The summed E-state index contributed by atoms with van der Waals surface area (Å²) in [5, 5.41) is 4.41. The minimum absolute atomic E-state index is 0. The van der Waals surface area contributed by atoms with Crippen molar-refractivity contribution in [1.29, 1.82) is 0 Å². The maximum atomic E-state index is 2.35. The second-order valence-electron chi connectivity index (χ2n) is 6.21. The molecule has 0 unspecified atom stereocenters. The Labute approximate surface area is 175 Å². The molecule has 26 heavy (non-hydrogen) atoms. The van der Waals surface area contributed by atoms with Gasteiger partial charge in [0, 0.05) is 6.42 Å². The van der Waals surface area contributed by atoms with E-state index in [0.717, 1.165) is 12.8 Å². The molecule has 0 aliphatic carbocycles. The summed E-state index contributed by atoms with van der Waals surface area (Å²) in [7, 11) is -1.64. The van der Waals surface area contributed by atoms with E-state index in [1.165, 1.54) is 22.1 Å². The zero-order chi connectivity index (χ0) is 17.4. The maximum absolute atomic E-state index is 2.35. The summed E-state index contributed by atoms with van der Waals surface area (Å²) in [6, 6.07) is 33.3. The summed E-state index contributed by atoms with van der Waals surface area (Å²) in [5.41, 5.74) is 0. The Morgan fingerprint density at radius 2 is 1.00 bits per heavy atom. The molecule has 0 saturated carbocycles. The number of hydrogen-bond donors (Lipinski definition) is 0. The predicted molar refractivity (Wildman–Crippen MR) is 114 cm³/mol. The van der Waals surface area contributed by atoms with Crippen molar-refractivity contribution in [3.05, 3.63) is 103 Å². The van der Waals surface area contributed by atoms with Crippen LogP contribution < -0.4 is 39.9 Å². The first-order valence-electron chi connectivity index (χ1n) is 9.08. The van der Waals surface area contributed by atoms with E-state index in [0.29, 0.717) is 0 Å². The molecular formula is C24H26IP. The molecule has 0 bridgehead atoms. The molecule has 0 nitrogen and oxygen atoms in total. The maximum Gasteiger partial charge on any atom is 0.112 e. The summed E-state index contributed by atoms with van der Waals surface area (Å²) in [6.07, 6.45) is 8.02. The summed E-state index contributed by atoms with van der Waals surface area (Å²) in [6.45, 7) is 2.20. The Balaban J connectivity index is 0.00000243. The van der Waals surface area contributed by atoms with Crippen LogP contribution in [0.1, 0.15) is 19.8 Å². The van der Waals surface area contributed by atoms with Crippen molar-refractivity contribution in [3.8, 4) is 0 Å². The molecule has 0 N–H and O–H groups in total. The molecule has 3 rings (SSSR count). The second kappa shape index (κ2) is 10.6. The van der Waals surface area contributed by atoms with Crippen LogP contribution in [-0.4, -0.2) is 6.16 Å². The van der Waals surface area contributed by atoms with Gasteiger partial charge in [0.25, 0.3) is 0 Å². The highest BCUT2D eigenvalue weighted by Crippen LogP contribution is 2.55. The number of benzene rings is 3. The third kappa shape index (κ3) is 4.64. The molecule has 0 aliphatic heterocycles. The highest BCUT2D eigenvalue weighted by Gasteiger charge is 2.44. The lowest BCUT2D eigenvalue weighted by Crippen LogP contribution is -3.00. The Morgan fingerprint density at radius 3 is 1.35 bits per heavy atom. The van der Waals surface area contributed by atoms with Crippen LogP contribution in [0.2, 0.25) is 0 Å². The monoisotopic (exact) mass is 472 g/mol. The van der Waals surface area contributed by atoms with E-state index in [1.54, 1.807) is 0 Å². The minimum Gasteiger partial charge on any atom is -1.00 e. The van der Waals surface area contributed by atoms with Crippen molar-refractivity contribution in [1.82, 2.24) is 0 Å². The van der Waals surface area contributed by atoms with Crippen molar-refractivity contribution in [2.75, 3.05) is 6.16 Å². The van der Waals surface area contributed by atoms with E-state index in [-0.39, 0.29) is 24.0 Å². The second-order valence-corrected chi connectivity index (χ2v) is 9.82. The first-order valence-corrected chi connectivity index (χ1v) is 11.1. The quantitative estimate of drug-likeness (QED) is 0.282. The van der Waals surface area contributed by atoms with Gasteiger partial charge < -0.3 is 24.0 Å². The molecular weight excluding hydrogens is 446 g/mol. The zero-order valence-corrected chi connectivity index (χ0v) is 18.3. The smallest absolute Gasteiger partial charge is 0.112 e. The molecule has 0 atom stereocenters. The van der Waals surface area contributed by atoms with Crippen LogP contribution in [0.25, 0.3) is 0 Å². The van der Waals surface area contributed by atoms with Gasteiger partial charge in [-0.2, -0.15) is 0 Å². The van der Waals surface area contributed by atoms with Crippen LogP contribution in [0.3, 0.4) is 0 Å². The number of hydrogen-bond acceptors (Lipinski definition) is 0. The average molecular weight is 472 g/mol. The minimum atomic E-state index is -1.64. The SMILES string of the molecule is CCC=CCC[P+](c1ccccc1)(c1ccccc1)c1ccccc1.[I-]. The molecule has 0 aromatic heterocycles. The fraction of sp³-hybridized carbons (Fsp3) is 0.167. The van der Waals surface area contributed by atoms with E-state index >= 15 is 0 Å². The first-order chi connectivity index (χ1) is 12.4. The van der Waals surface area contributed by atoms with Gasteiger partial charge >= 0.3 is 0 Å². The van der Waals surface area contributed by atoms with Crippen LogP contribution >= 0.6 is 7.26 Å². The molecule has 3 aromatic rings. The molecule has 0 aliphatic rings. The third-order valence-electron chi connectivity index (χ3n) is 4.62. The van der Waals surface area contributed by atoms with Gasteiger partial charge in [-0.3, -0.25) is 0 Å². The predicted octanol–water partition coefficient (Wildman–Crippen LogP) is 2.34. The van der Waals surface area contributed by atoms with Crippen LogP contribution in [0.4, 0.5) is 0 Å². The topological polar surface area (TPSA) is 0 Å². The van der Waals surface area contributed by atoms with E-state index in [2.05, 4.69) is 110 Å². The Bertz CT molecular complexity index is 686. The third-order valence-corrected chi connectivity index (χ3v) is 9.09. The van der Waals surface area contributed by atoms with Crippen LogP contribution in [0.15, 0.2) is 103 Å². The zero-order valence-electron chi connectivity index (χ0n) is 15.3. The molecule has 2 heteroatoms. The lowest BCUT2D eigenvalue weighted by Gasteiger charge is -2.27. The highest BCUT2D eigenvalue weighted by molar-refractivity contribution is 7.95. The van der Waals surface area contributed by atoms with Gasteiger partial charge in [-0.25, -0.2) is 0 Å². The lowest BCUT2D eigenvalue weighted by molar-refractivity contribution is -0.00000492. The van der Waals surface area contributed by atoms with Gasteiger partial charge in [-0.1, -0.05) is 73.7 Å². The Morgan fingerprint density at radius 1 is 0.615 bits per heavy atom. The first kappa shape index (κ1) is 20.9. The molecule has 0 radical (unpaired) electrons. The van der Waals surface area contributed by atoms with Crippen molar-refractivity contribution < 1.29 is 24.0 Å². The normalized spacial score (nSPS) is 11.3. The van der Waals surface area contributed by atoms with E-state index in [4.69, 9.17) is 0 Å². The number of halogens is 1. The number of rotatable bonds is 7. The standard InChI is InChI=1S/C24H26P.HI/c1-2-3-4-14-21-25(22-15-8-5-9-16-22,23-17-10-6-11-18-23)24-19-12-7-13-20-24;/h3-13,15-20H,2,14,21H2,1H3;1H/q+1;/p-1. The van der Waals surface area contributed by atoms with Gasteiger partial charge in [0.05, 0.1) is 6.16 Å². The van der Waals surface area contributed by atoms with Crippen molar-refractivity contribution >= 4 is 23.2 Å². The molecule has 0 spiro atoms. The van der Waals surface area contributed by atoms with E-state index in [9.17, 15) is 0 Å². The Hall–Kier alpha value is -1.44. The number of allylic oxidation sites excluding steroid dienone is 2. The fourth-order valence-corrected chi connectivity index (χ4v) is 7.68. The van der Waals surface area contributed by atoms with Crippen LogP contribution in [0, 0.1) is 0 Å². The molecule has 0 amide bonds. The fourth-order valence-electron chi connectivity index (χ4n) is 3.43. The molecule has 0 heterocycles. The van der Waals surface area contributed by atoms with Crippen molar-refractivity contribution in [2.45, 2.75) is 19.8 Å². The summed E-state index contributed by atoms with van der Waals surface area (Å²) in [5.74, 6) is 0.